The number of nitrogens with zero attached hydrogens (tertiary/aromatic N) is 2. The molecule has 0 unspecified atom stereocenters. The van der Waals surface area contributed by atoms with Crippen molar-refractivity contribution in [3.63, 3.8) is 0 Å². The van der Waals surface area contributed by atoms with Gasteiger partial charge in [0, 0.05) is 18.7 Å². The van der Waals surface area contributed by atoms with Crippen molar-refractivity contribution in [2.24, 2.45) is 0 Å². The van der Waals surface area contributed by atoms with E-state index in [0.717, 1.165) is 47.9 Å². The van der Waals surface area contributed by atoms with Gasteiger partial charge in [-0.1, -0.05) is 12.1 Å². The van der Waals surface area contributed by atoms with Crippen molar-refractivity contribution >= 4 is 11.6 Å². The fourth-order valence-corrected chi connectivity index (χ4v) is 3.23. The van der Waals surface area contributed by atoms with Gasteiger partial charge in [-0.15, -0.1) is 0 Å². The second kappa shape index (κ2) is 7.53. The molecule has 0 saturated heterocycles. The summed E-state index contributed by atoms with van der Waals surface area (Å²) in [4.78, 5) is 16.6. The fraction of sp³-hybridized carbons (Fsp3) is 0.238. The number of methoxy groups -OCH3 is 1. The number of rotatable bonds is 6. The number of hydrogen-bond donors (Lipinski definition) is 1. The summed E-state index contributed by atoms with van der Waals surface area (Å²) in [6, 6.07) is 14.9. The number of imidazole rings is 1. The molecular weight excluding hydrogens is 342 g/mol. The van der Waals surface area contributed by atoms with Crippen LogP contribution in [-0.4, -0.2) is 29.2 Å². The van der Waals surface area contributed by atoms with Gasteiger partial charge in [0.15, 0.2) is 6.61 Å². The highest BCUT2D eigenvalue weighted by molar-refractivity contribution is 5.92. The van der Waals surface area contributed by atoms with Crippen LogP contribution < -0.4 is 14.8 Å². The Morgan fingerprint density at radius 3 is 2.59 bits per heavy atom. The standard InChI is InChI=1S/C21H21N3O3/c1-26-17-8-10-18(11-9-17)27-14-21(25)23-16-6-4-15(5-7-16)19-13-22-20-3-2-12-24(19)20/h4-11,13H,2-3,12,14H2,1H3,(H,23,25). The quantitative estimate of drug-likeness (QED) is 0.728. The molecule has 4 rings (SSSR count). The van der Waals surface area contributed by atoms with Crippen LogP contribution in [-0.2, 0) is 17.8 Å². The second-order valence-corrected chi connectivity index (χ2v) is 6.40. The first-order valence-corrected chi connectivity index (χ1v) is 8.94. The molecule has 0 fully saturated rings. The predicted octanol–water partition coefficient (Wildman–Crippen LogP) is 3.52. The third-order valence-corrected chi connectivity index (χ3v) is 4.61. The maximum Gasteiger partial charge on any atom is 0.262 e. The number of amides is 1. The Bertz CT molecular complexity index is 930. The molecule has 27 heavy (non-hydrogen) atoms. The van der Waals surface area contributed by atoms with Crippen molar-refractivity contribution in [3.8, 4) is 22.8 Å². The molecule has 0 radical (unpaired) electrons. The van der Waals surface area contributed by atoms with Gasteiger partial charge in [0.25, 0.3) is 5.91 Å². The molecule has 0 atom stereocenters. The molecule has 6 heteroatoms. The van der Waals surface area contributed by atoms with Crippen LogP contribution in [0.1, 0.15) is 12.2 Å². The van der Waals surface area contributed by atoms with Gasteiger partial charge in [-0.25, -0.2) is 4.98 Å². The zero-order valence-corrected chi connectivity index (χ0v) is 15.1. The molecule has 2 heterocycles. The van der Waals surface area contributed by atoms with E-state index < -0.39 is 0 Å². The van der Waals surface area contributed by atoms with E-state index in [0.29, 0.717) is 5.75 Å². The van der Waals surface area contributed by atoms with Gasteiger partial charge in [-0.05, 0) is 48.4 Å². The summed E-state index contributed by atoms with van der Waals surface area (Å²) < 4.78 is 12.8. The van der Waals surface area contributed by atoms with Gasteiger partial charge in [0.1, 0.15) is 17.3 Å². The van der Waals surface area contributed by atoms with Crippen LogP contribution in [0.15, 0.2) is 54.7 Å². The van der Waals surface area contributed by atoms with Crippen molar-refractivity contribution in [2.75, 3.05) is 19.0 Å². The van der Waals surface area contributed by atoms with Crippen molar-refractivity contribution in [2.45, 2.75) is 19.4 Å². The van der Waals surface area contributed by atoms with Crippen molar-refractivity contribution < 1.29 is 14.3 Å². The Kier molecular flexibility index (Phi) is 4.78. The number of aromatic nitrogens is 2. The van der Waals surface area contributed by atoms with Gasteiger partial charge < -0.3 is 19.4 Å². The lowest BCUT2D eigenvalue weighted by atomic mass is 10.1. The van der Waals surface area contributed by atoms with Gasteiger partial charge >= 0.3 is 0 Å². The highest BCUT2D eigenvalue weighted by atomic mass is 16.5. The largest absolute Gasteiger partial charge is 0.497 e. The van der Waals surface area contributed by atoms with E-state index in [4.69, 9.17) is 9.47 Å². The smallest absolute Gasteiger partial charge is 0.262 e. The van der Waals surface area contributed by atoms with Crippen molar-refractivity contribution in [3.05, 3.63) is 60.6 Å². The van der Waals surface area contributed by atoms with Gasteiger partial charge in [0.2, 0.25) is 0 Å². The fourth-order valence-electron chi connectivity index (χ4n) is 3.23. The first kappa shape index (κ1) is 17.1. The average molecular weight is 363 g/mol. The van der Waals surface area contributed by atoms with Crippen LogP contribution in [0.25, 0.3) is 11.3 Å². The maximum absolute atomic E-state index is 12.1. The summed E-state index contributed by atoms with van der Waals surface area (Å²) in [5.74, 6) is 2.31. The summed E-state index contributed by atoms with van der Waals surface area (Å²) in [5.41, 5.74) is 2.97. The number of fused-ring (bicyclic) bond motifs is 1. The first-order chi connectivity index (χ1) is 13.2. The predicted molar refractivity (Wildman–Crippen MR) is 103 cm³/mol. The van der Waals surface area contributed by atoms with E-state index in [1.165, 1.54) is 0 Å². The number of carbonyl (C=O) groups is 1. The monoisotopic (exact) mass is 363 g/mol. The number of hydrogen-bond acceptors (Lipinski definition) is 4. The number of ether oxygens (including phenoxy) is 2. The molecule has 1 aromatic heterocycles. The molecule has 138 valence electrons. The lowest BCUT2D eigenvalue weighted by molar-refractivity contribution is -0.118. The molecule has 3 aromatic rings. The summed E-state index contributed by atoms with van der Waals surface area (Å²) in [6.07, 6.45) is 4.12. The summed E-state index contributed by atoms with van der Waals surface area (Å²) >= 11 is 0. The van der Waals surface area contributed by atoms with Crippen LogP contribution in [0, 0.1) is 0 Å². The van der Waals surface area contributed by atoms with Gasteiger partial charge in [-0.2, -0.15) is 0 Å². The van der Waals surface area contributed by atoms with E-state index in [1.807, 2.05) is 30.5 Å². The molecule has 6 nitrogen and oxygen atoms in total. The maximum atomic E-state index is 12.1. The summed E-state index contributed by atoms with van der Waals surface area (Å²) in [5, 5.41) is 2.85. The third-order valence-electron chi connectivity index (χ3n) is 4.61. The number of benzene rings is 2. The molecule has 0 spiro atoms. The van der Waals surface area contributed by atoms with Gasteiger partial charge in [-0.3, -0.25) is 4.79 Å². The number of aryl methyl sites for hydroxylation is 1. The third kappa shape index (κ3) is 3.79. The lowest BCUT2D eigenvalue weighted by Gasteiger charge is -2.09. The van der Waals surface area contributed by atoms with E-state index in [1.54, 1.807) is 31.4 Å². The Balaban J connectivity index is 1.34. The van der Waals surface area contributed by atoms with Crippen LogP contribution >= 0.6 is 0 Å². The van der Waals surface area contributed by atoms with Crippen LogP contribution in [0.2, 0.25) is 0 Å². The minimum atomic E-state index is -0.205. The lowest BCUT2D eigenvalue weighted by Crippen LogP contribution is -2.20. The molecular formula is C21H21N3O3. The Morgan fingerprint density at radius 2 is 1.85 bits per heavy atom. The molecule has 1 amide bonds. The van der Waals surface area contributed by atoms with Crippen LogP contribution in [0.3, 0.4) is 0 Å². The molecule has 0 bridgehead atoms. The zero-order chi connectivity index (χ0) is 18.6. The SMILES string of the molecule is COc1ccc(OCC(=O)Nc2ccc(-c3cnc4n3CCC4)cc2)cc1. The van der Waals surface area contributed by atoms with Crippen LogP contribution in [0.4, 0.5) is 5.69 Å². The van der Waals surface area contributed by atoms with E-state index in [9.17, 15) is 4.79 Å². The molecule has 1 N–H and O–H groups in total. The summed E-state index contributed by atoms with van der Waals surface area (Å²) in [7, 11) is 1.61. The zero-order valence-electron chi connectivity index (χ0n) is 15.1. The van der Waals surface area contributed by atoms with Crippen molar-refractivity contribution in [1.82, 2.24) is 9.55 Å². The Labute approximate surface area is 157 Å². The highest BCUT2D eigenvalue weighted by Gasteiger charge is 2.16. The van der Waals surface area contributed by atoms with Gasteiger partial charge in [0.05, 0.1) is 19.0 Å². The molecule has 1 aliphatic heterocycles. The number of anilines is 1. The topological polar surface area (TPSA) is 65.4 Å². The highest BCUT2D eigenvalue weighted by Crippen LogP contribution is 2.26. The second-order valence-electron chi connectivity index (χ2n) is 6.40. The van der Waals surface area contributed by atoms with E-state index >= 15 is 0 Å². The van der Waals surface area contributed by atoms with E-state index in [2.05, 4.69) is 14.9 Å². The normalized spacial score (nSPS) is 12.5. The minimum Gasteiger partial charge on any atom is -0.497 e. The number of carbonyl (C=O) groups excluding carboxylic acids is 1. The summed E-state index contributed by atoms with van der Waals surface area (Å²) in [6.45, 7) is 0.968. The Hall–Kier alpha value is -3.28. The minimum absolute atomic E-state index is 0.0514. The number of nitrogens with one attached hydrogen (secondary N) is 1. The van der Waals surface area contributed by atoms with Crippen molar-refractivity contribution in [1.29, 1.82) is 0 Å². The molecule has 1 aliphatic rings. The van der Waals surface area contributed by atoms with E-state index in [-0.39, 0.29) is 12.5 Å². The van der Waals surface area contributed by atoms with Crippen LogP contribution in [0.5, 0.6) is 11.5 Å². The Morgan fingerprint density at radius 1 is 1.11 bits per heavy atom. The molecule has 2 aromatic carbocycles. The average Bonchev–Trinajstić information content (AvgIpc) is 3.31. The molecule has 0 saturated carbocycles. The first-order valence-electron chi connectivity index (χ1n) is 8.94. The molecule has 0 aliphatic carbocycles.